The largest absolute Gasteiger partial charge is 0.491 e. The van der Waals surface area contributed by atoms with Gasteiger partial charge in [0.15, 0.2) is 5.76 Å². The number of carbonyl (C=O) groups is 2. The standard InChI is InChI=1S/C9H8Br2O4S/c1-3-15-8(12)5(11)7-4(10)6(14-2)9(13)16-7/h3H2,1-2H3/b7-5-. The number of esters is 1. The fourth-order valence-corrected chi connectivity index (χ4v) is 3.53. The van der Waals surface area contributed by atoms with Crippen molar-refractivity contribution in [3.8, 4) is 0 Å². The third-order valence-electron chi connectivity index (χ3n) is 1.64. The Morgan fingerprint density at radius 1 is 1.50 bits per heavy atom. The molecule has 1 aliphatic rings. The van der Waals surface area contributed by atoms with E-state index in [9.17, 15) is 9.59 Å². The van der Waals surface area contributed by atoms with Crippen molar-refractivity contribution in [3.05, 3.63) is 19.6 Å². The van der Waals surface area contributed by atoms with Crippen LogP contribution in [-0.4, -0.2) is 24.8 Å². The van der Waals surface area contributed by atoms with Gasteiger partial charge in [0.1, 0.15) is 4.48 Å². The first-order valence-electron chi connectivity index (χ1n) is 4.26. The SMILES string of the molecule is CCOC(=O)/C(Br)=C1/SC(=O)C(OC)=C1Br. The topological polar surface area (TPSA) is 52.6 Å². The van der Waals surface area contributed by atoms with Gasteiger partial charge in [-0.2, -0.15) is 0 Å². The average molecular weight is 372 g/mol. The number of thioether (sulfide) groups is 1. The molecule has 0 unspecified atom stereocenters. The highest BCUT2D eigenvalue weighted by Gasteiger charge is 2.32. The second kappa shape index (κ2) is 5.88. The monoisotopic (exact) mass is 370 g/mol. The van der Waals surface area contributed by atoms with E-state index in [1.165, 1.54) is 7.11 Å². The summed E-state index contributed by atoms with van der Waals surface area (Å²) in [6.45, 7) is 1.99. The van der Waals surface area contributed by atoms with Gasteiger partial charge in [-0.05, 0) is 50.5 Å². The predicted molar refractivity (Wildman–Crippen MR) is 68.1 cm³/mol. The molecular weight excluding hydrogens is 364 g/mol. The molecule has 1 heterocycles. The van der Waals surface area contributed by atoms with Crippen molar-refractivity contribution < 1.29 is 19.1 Å². The molecule has 88 valence electrons. The Kier molecular flexibility index (Phi) is 5.07. The number of rotatable bonds is 3. The van der Waals surface area contributed by atoms with Crippen molar-refractivity contribution >= 4 is 54.7 Å². The Balaban J connectivity index is 3.07. The predicted octanol–water partition coefficient (Wildman–Crippen LogP) is 2.68. The second-order valence-corrected chi connectivity index (χ2v) is 5.17. The van der Waals surface area contributed by atoms with Crippen LogP contribution in [0.15, 0.2) is 19.6 Å². The van der Waals surface area contributed by atoms with Crippen LogP contribution in [0.25, 0.3) is 0 Å². The molecule has 1 aliphatic heterocycles. The van der Waals surface area contributed by atoms with E-state index < -0.39 is 5.97 Å². The Morgan fingerprint density at radius 3 is 2.56 bits per heavy atom. The molecule has 0 saturated heterocycles. The molecule has 0 bridgehead atoms. The fraction of sp³-hybridized carbons (Fsp3) is 0.333. The number of hydrogen-bond acceptors (Lipinski definition) is 5. The zero-order valence-electron chi connectivity index (χ0n) is 8.50. The Hall–Kier alpha value is -0.270. The lowest BCUT2D eigenvalue weighted by atomic mass is 10.4. The van der Waals surface area contributed by atoms with E-state index >= 15 is 0 Å². The summed E-state index contributed by atoms with van der Waals surface area (Å²) in [5.74, 6) is -0.312. The van der Waals surface area contributed by atoms with E-state index in [1.807, 2.05) is 0 Å². The van der Waals surface area contributed by atoms with Gasteiger partial charge < -0.3 is 9.47 Å². The van der Waals surface area contributed by atoms with E-state index in [4.69, 9.17) is 9.47 Å². The quantitative estimate of drug-likeness (QED) is 0.564. The van der Waals surface area contributed by atoms with Crippen LogP contribution in [-0.2, 0) is 19.1 Å². The highest BCUT2D eigenvalue weighted by Crippen LogP contribution is 2.44. The first-order chi connectivity index (χ1) is 7.52. The molecule has 0 aliphatic carbocycles. The van der Waals surface area contributed by atoms with E-state index in [1.54, 1.807) is 6.92 Å². The van der Waals surface area contributed by atoms with E-state index in [2.05, 4.69) is 31.9 Å². The molecule has 0 saturated carbocycles. The average Bonchev–Trinajstić information content (AvgIpc) is 2.53. The molecule has 16 heavy (non-hydrogen) atoms. The van der Waals surface area contributed by atoms with Crippen molar-refractivity contribution in [2.24, 2.45) is 0 Å². The van der Waals surface area contributed by atoms with Crippen LogP contribution in [0.5, 0.6) is 0 Å². The van der Waals surface area contributed by atoms with Crippen molar-refractivity contribution in [3.63, 3.8) is 0 Å². The third kappa shape index (κ3) is 2.70. The minimum absolute atomic E-state index is 0.196. The lowest BCUT2D eigenvalue weighted by molar-refractivity contribution is -0.137. The number of hydrogen-bond donors (Lipinski definition) is 0. The summed E-state index contributed by atoms with van der Waals surface area (Å²) in [5, 5.41) is -0.245. The van der Waals surface area contributed by atoms with Gasteiger partial charge >= 0.3 is 5.97 Å². The van der Waals surface area contributed by atoms with Crippen molar-refractivity contribution in [1.82, 2.24) is 0 Å². The van der Waals surface area contributed by atoms with Crippen LogP contribution in [0.2, 0.25) is 0 Å². The third-order valence-corrected chi connectivity index (χ3v) is 4.62. The summed E-state index contributed by atoms with van der Waals surface area (Å²) in [6, 6.07) is 0. The molecule has 4 nitrogen and oxygen atoms in total. The van der Waals surface area contributed by atoms with Crippen LogP contribution in [0.4, 0.5) is 0 Å². The van der Waals surface area contributed by atoms with Crippen LogP contribution in [0, 0.1) is 0 Å². The van der Waals surface area contributed by atoms with Gasteiger partial charge in [-0.3, -0.25) is 4.79 Å². The summed E-state index contributed by atoms with van der Waals surface area (Å²) < 4.78 is 10.4. The number of allylic oxidation sites excluding steroid dienone is 1. The Bertz CT molecular complexity index is 400. The molecule has 7 heteroatoms. The fourth-order valence-electron chi connectivity index (χ4n) is 0.978. The molecule has 0 aromatic rings. The van der Waals surface area contributed by atoms with Gasteiger partial charge in [-0.15, -0.1) is 0 Å². The van der Waals surface area contributed by atoms with Gasteiger partial charge in [0.2, 0.25) is 0 Å². The first kappa shape index (κ1) is 13.8. The zero-order valence-corrected chi connectivity index (χ0v) is 12.5. The molecule has 0 radical (unpaired) electrons. The number of halogens is 2. The van der Waals surface area contributed by atoms with Gasteiger partial charge in [0.05, 0.1) is 23.1 Å². The lowest BCUT2D eigenvalue weighted by Gasteiger charge is -2.02. The second-order valence-electron chi connectivity index (χ2n) is 2.60. The van der Waals surface area contributed by atoms with Crippen LogP contribution in [0.1, 0.15) is 6.92 Å². The molecule has 0 atom stereocenters. The van der Waals surface area contributed by atoms with Crippen molar-refractivity contribution in [2.45, 2.75) is 6.92 Å². The van der Waals surface area contributed by atoms with Crippen molar-refractivity contribution in [2.75, 3.05) is 13.7 Å². The van der Waals surface area contributed by atoms with Gasteiger partial charge in [-0.25, -0.2) is 4.79 Å². The summed E-state index contributed by atoms with van der Waals surface area (Å²) in [6.07, 6.45) is 0. The Labute approximate surface area is 114 Å². The molecular formula is C9H8Br2O4S. The lowest BCUT2D eigenvalue weighted by Crippen LogP contribution is -2.04. The van der Waals surface area contributed by atoms with Gasteiger partial charge in [0, 0.05) is 0 Å². The maximum Gasteiger partial charge on any atom is 0.346 e. The normalized spacial score (nSPS) is 18.9. The summed E-state index contributed by atoms with van der Waals surface area (Å²) in [4.78, 5) is 23.4. The first-order valence-corrected chi connectivity index (χ1v) is 6.66. The minimum atomic E-state index is -0.507. The van der Waals surface area contributed by atoms with E-state index in [-0.39, 0.29) is 22.0 Å². The highest BCUT2D eigenvalue weighted by molar-refractivity contribution is 9.12. The highest BCUT2D eigenvalue weighted by atomic mass is 79.9. The number of carbonyl (C=O) groups excluding carboxylic acids is 2. The number of methoxy groups -OCH3 is 1. The molecule has 1 rings (SSSR count). The van der Waals surface area contributed by atoms with Crippen LogP contribution >= 0.6 is 43.6 Å². The maximum atomic E-state index is 11.5. The molecule has 0 aromatic heterocycles. The summed E-state index contributed by atoms with van der Waals surface area (Å²) in [7, 11) is 1.40. The zero-order chi connectivity index (χ0) is 12.3. The van der Waals surface area contributed by atoms with Crippen LogP contribution in [0.3, 0.4) is 0 Å². The summed E-state index contributed by atoms with van der Waals surface area (Å²) in [5.41, 5.74) is 0. The molecule has 0 fully saturated rings. The molecule has 0 N–H and O–H groups in total. The molecule has 0 spiro atoms. The smallest absolute Gasteiger partial charge is 0.346 e. The van der Waals surface area contributed by atoms with Gasteiger partial charge in [-0.1, -0.05) is 0 Å². The van der Waals surface area contributed by atoms with Crippen molar-refractivity contribution in [1.29, 1.82) is 0 Å². The van der Waals surface area contributed by atoms with Gasteiger partial charge in [0.25, 0.3) is 5.12 Å². The molecule has 0 aromatic carbocycles. The summed E-state index contributed by atoms with van der Waals surface area (Å²) >= 11 is 7.23. The van der Waals surface area contributed by atoms with Crippen LogP contribution < -0.4 is 0 Å². The minimum Gasteiger partial charge on any atom is -0.491 e. The van der Waals surface area contributed by atoms with E-state index in [0.29, 0.717) is 9.39 Å². The van der Waals surface area contributed by atoms with E-state index in [0.717, 1.165) is 11.8 Å². The molecule has 0 amide bonds. The Morgan fingerprint density at radius 2 is 2.12 bits per heavy atom. The number of ether oxygens (including phenoxy) is 2. The maximum absolute atomic E-state index is 11.5.